The Kier molecular flexibility index (Phi) is 6.78. The Hall–Kier alpha value is -0.630. The lowest BCUT2D eigenvalue weighted by atomic mass is 10.2. The van der Waals surface area contributed by atoms with Gasteiger partial charge in [0.2, 0.25) is 10.0 Å². The van der Waals surface area contributed by atoms with Crippen molar-refractivity contribution < 1.29 is 8.42 Å². The van der Waals surface area contributed by atoms with Gasteiger partial charge in [0.25, 0.3) is 0 Å². The molecule has 0 aromatic heterocycles. The molecule has 0 aliphatic rings. The molecule has 0 aliphatic carbocycles. The zero-order chi connectivity index (χ0) is 14.3. The third-order valence-electron chi connectivity index (χ3n) is 2.52. The van der Waals surface area contributed by atoms with Crippen LogP contribution in [0.15, 0.2) is 29.2 Å². The molecule has 0 saturated carbocycles. The number of hydrogen-bond donors (Lipinski definition) is 2. The van der Waals surface area contributed by atoms with Crippen LogP contribution in [0.5, 0.6) is 0 Å². The Labute approximate surface area is 124 Å². The summed E-state index contributed by atoms with van der Waals surface area (Å²) >= 11 is 6.58. The molecule has 0 aliphatic heterocycles. The van der Waals surface area contributed by atoms with E-state index in [0.29, 0.717) is 12.1 Å². The van der Waals surface area contributed by atoms with Crippen molar-refractivity contribution in [3.63, 3.8) is 0 Å². The number of sulfonamides is 1. The van der Waals surface area contributed by atoms with Crippen LogP contribution in [0.1, 0.15) is 18.4 Å². The molecule has 1 aromatic rings. The van der Waals surface area contributed by atoms with E-state index in [1.807, 2.05) is 6.26 Å². The first-order chi connectivity index (χ1) is 8.97. The third kappa shape index (κ3) is 5.48. The van der Waals surface area contributed by atoms with Gasteiger partial charge in [0, 0.05) is 12.1 Å². The summed E-state index contributed by atoms with van der Waals surface area (Å²) in [6, 6.07) is 6.26. The van der Waals surface area contributed by atoms with Gasteiger partial charge in [0.15, 0.2) is 0 Å². The molecule has 19 heavy (non-hydrogen) atoms. The minimum absolute atomic E-state index is 0.234. The van der Waals surface area contributed by atoms with Gasteiger partial charge in [-0.25, -0.2) is 13.1 Å². The van der Waals surface area contributed by atoms with Crippen LogP contribution in [0.25, 0.3) is 0 Å². The number of thioether (sulfide) groups is 1. The number of nitrogens with two attached hydrogens (primary N) is 1. The summed E-state index contributed by atoms with van der Waals surface area (Å²) in [7, 11) is -3.43. The Balaban J connectivity index is 2.59. The second-order valence-corrected chi connectivity index (χ2v) is 7.18. The topological polar surface area (TPSA) is 72.2 Å². The predicted octanol–water partition coefficient (Wildman–Crippen LogP) is 1.74. The molecular weight excluding hydrogens is 300 g/mol. The molecule has 0 spiro atoms. The zero-order valence-electron chi connectivity index (χ0n) is 10.8. The molecule has 0 saturated heterocycles. The second kappa shape index (κ2) is 7.84. The van der Waals surface area contributed by atoms with Crippen LogP contribution >= 0.6 is 24.0 Å². The molecule has 4 nitrogen and oxygen atoms in total. The van der Waals surface area contributed by atoms with Gasteiger partial charge in [-0.3, -0.25) is 0 Å². The van der Waals surface area contributed by atoms with Crippen LogP contribution < -0.4 is 10.5 Å². The van der Waals surface area contributed by atoms with E-state index >= 15 is 0 Å². The molecule has 1 rings (SSSR count). The van der Waals surface area contributed by atoms with E-state index in [9.17, 15) is 8.42 Å². The maximum Gasteiger partial charge on any atom is 0.240 e. The fourth-order valence-electron chi connectivity index (χ4n) is 1.46. The van der Waals surface area contributed by atoms with Gasteiger partial charge in [0.1, 0.15) is 4.99 Å². The van der Waals surface area contributed by atoms with Gasteiger partial charge in [-0.15, -0.1) is 0 Å². The number of hydrogen-bond acceptors (Lipinski definition) is 4. The van der Waals surface area contributed by atoms with Gasteiger partial charge in [-0.05, 0) is 37.0 Å². The highest BCUT2D eigenvalue weighted by atomic mass is 32.2. The standard InChI is InChI=1S/C12H18N2O2S3/c1-18-9-3-2-8-14-19(15,16)11-6-4-10(5-7-11)12(13)17/h4-7,14H,2-3,8-9H2,1H3,(H2,13,17). The van der Waals surface area contributed by atoms with Crippen molar-refractivity contribution in [3.8, 4) is 0 Å². The van der Waals surface area contributed by atoms with Crippen LogP contribution in [-0.4, -0.2) is 32.0 Å². The SMILES string of the molecule is CSCCCCNS(=O)(=O)c1ccc(C(N)=S)cc1. The van der Waals surface area contributed by atoms with Crippen LogP contribution in [0.4, 0.5) is 0 Å². The van der Waals surface area contributed by atoms with E-state index < -0.39 is 10.0 Å². The first-order valence-corrected chi connectivity index (χ1v) is 9.14. The minimum Gasteiger partial charge on any atom is -0.389 e. The van der Waals surface area contributed by atoms with Crippen molar-refractivity contribution in [2.45, 2.75) is 17.7 Å². The number of thiocarbonyl (C=S) groups is 1. The lowest BCUT2D eigenvalue weighted by Gasteiger charge is -2.07. The van der Waals surface area contributed by atoms with Crippen molar-refractivity contribution >= 4 is 39.0 Å². The van der Waals surface area contributed by atoms with E-state index in [1.54, 1.807) is 23.9 Å². The molecule has 0 heterocycles. The number of rotatable bonds is 8. The van der Waals surface area contributed by atoms with Crippen LogP contribution in [0, 0.1) is 0 Å². The number of nitrogens with one attached hydrogen (secondary N) is 1. The molecule has 7 heteroatoms. The van der Waals surface area contributed by atoms with Gasteiger partial charge in [-0.1, -0.05) is 24.4 Å². The molecule has 0 radical (unpaired) electrons. The van der Waals surface area contributed by atoms with E-state index in [-0.39, 0.29) is 9.88 Å². The smallest absolute Gasteiger partial charge is 0.240 e. The minimum atomic E-state index is -3.43. The first-order valence-electron chi connectivity index (χ1n) is 5.86. The third-order valence-corrected chi connectivity index (χ3v) is 4.93. The van der Waals surface area contributed by atoms with Crippen molar-refractivity contribution in [3.05, 3.63) is 29.8 Å². The quantitative estimate of drug-likeness (QED) is 0.564. The van der Waals surface area contributed by atoms with Crippen LogP contribution in [-0.2, 0) is 10.0 Å². The van der Waals surface area contributed by atoms with Gasteiger partial charge < -0.3 is 5.73 Å². The fraction of sp³-hybridized carbons (Fsp3) is 0.417. The average molecular weight is 318 g/mol. The summed E-state index contributed by atoms with van der Waals surface area (Å²) in [6.07, 6.45) is 3.88. The maximum absolute atomic E-state index is 12.0. The number of benzene rings is 1. The average Bonchev–Trinajstić information content (AvgIpc) is 2.38. The second-order valence-electron chi connectivity index (χ2n) is 3.99. The monoisotopic (exact) mass is 318 g/mol. The lowest BCUT2D eigenvalue weighted by Crippen LogP contribution is -2.25. The van der Waals surface area contributed by atoms with E-state index in [4.69, 9.17) is 18.0 Å². The largest absolute Gasteiger partial charge is 0.389 e. The molecule has 0 amide bonds. The lowest BCUT2D eigenvalue weighted by molar-refractivity contribution is 0.578. The molecule has 0 fully saturated rings. The maximum atomic E-state index is 12.0. The fourth-order valence-corrected chi connectivity index (χ4v) is 3.16. The number of unbranched alkanes of at least 4 members (excludes halogenated alkanes) is 1. The Morgan fingerprint density at radius 2 is 1.95 bits per heavy atom. The highest BCUT2D eigenvalue weighted by Crippen LogP contribution is 2.10. The summed E-state index contributed by atoms with van der Waals surface area (Å²) in [5.41, 5.74) is 6.13. The molecule has 106 valence electrons. The Morgan fingerprint density at radius 1 is 1.32 bits per heavy atom. The van der Waals surface area contributed by atoms with Crippen molar-refractivity contribution in [2.75, 3.05) is 18.6 Å². The highest BCUT2D eigenvalue weighted by molar-refractivity contribution is 7.98. The normalized spacial score (nSPS) is 11.4. The van der Waals surface area contributed by atoms with Crippen LogP contribution in [0.2, 0.25) is 0 Å². The summed E-state index contributed by atoms with van der Waals surface area (Å²) in [5.74, 6) is 1.05. The van der Waals surface area contributed by atoms with Gasteiger partial charge in [-0.2, -0.15) is 11.8 Å². The molecular formula is C12H18N2O2S3. The van der Waals surface area contributed by atoms with Crippen LogP contribution in [0.3, 0.4) is 0 Å². The first kappa shape index (κ1) is 16.4. The van der Waals surface area contributed by atoms with Gasteiger partial charge in [0.05, 0.1) is 4.90 Å². The molecule has 1 aromatic carbocycles. The van der Waals surface area contributed by atoms with Crippen molar-refractivity contribution in [1.29, 1.82) is 0 Å². The van der Waals surface area contributed by atoms with E-state index in [1.165, 1.54) is 12.1 Å². The molecule has 0 atom stereocenters. The predicted molar refractivity (Wildman–Crippen MR) is 85.1 cm³/mol. The molecule has 0 unspecified atom stereocenters. The summed E-state index contributed by atoms with van der Waals surface area (Å²) in [4.78, 5) is 0.492. The van der Waals surface area contributed by atoms with Crippen molar-refractivity contribution in [2.24, 2.45) is 5.73 Å². The molecule has 3 N–H and O–H groups in total. The van der Waals surface area contributed by atoms with Crippen molar-refractivity contribution in [1.82, 2.24) is 4.72 Å². The highest BCUT2D eigenvalue weighted by Gasteiger charge is 2.12. The zero-order valence-corrected chi connectivity index (χ0v) is 13.2. The van der Waals surface area contributed by atoms with Gasteiger partial charge >= 0.3 is 0 Å². The Morgan fingerprint density at radius 3 is 2.47 bits per heavy atom. The molecule has 0 bridgehead atoms. The van der Waals surface area contributed by atoms with E-state index in [2.05, 4.69) is 4.72 Å². The summed E-state index contributed by atoms with van der Waals surface area (Å²) in [5, 5.41) is 0. The van der Waals surface area contributed by atoms with E-state index in [0.717, 1.165) is 18.6 Å². The summed E-state index contributed by atoms with van der Waals surface area (Å²) < 4.78 is 26.5. The Bertz CT molecular complexity index is 512. The summed E-state index contributed by atoms with van der Waals surface area (Å²) in [6.45, 7) is 0.458.